The highest BCUT2D eigenvalue weighted by Crippen LogP contribution is 2.36. The molecule has 0 unspecified atom stereocenters. The molecule has 4 rings (SSSR count). The van der Waals surface area contributed by atoms with Crippen LogP contribution in [-0.4, -0.2) is 32.5 Å². The van der Waals surface area contributed by atoms with Gasteiger partial charge < -0.3 is 0 Å². The molecule has 3 heterocycles. The van der Waals surface area contributed by atoms with Crippen molar-refractivity contribution >= 4 is 5.91 Å². The van der Waals surface area contributed by atoms with E-state index in [0.717, 1.165) is 49.1 Å². The largest absolute Gasteiger partial charge is 0.272 e. The van der Waals surface area contributed by atoms with Crippen molar-refractivity contribution in [3.05, 3.63) is 53.6 Å². The van der Waals surface area contributed by atoms with E-state index < -0.39 is 0 Å². The number of aryl methyl sites for hydroxylation is 1. The number of carbonyl (C=O) groups excluding carboxylic acids is 1. The molecule has 1 aliphatic heterocycles. The fourth-order valence-corrected chi connectivity index (χ4v) is 4.30. The molecule has 0 N–H and O–H groups in total. The summed E-state index contributed by atoms with van der Waals surface area (Å²) in [6.45, 7) is 2.39. The SMILES string of the molecule is Cc1cc(C[C@H]2CC[C@H](C(=O)N3OCC[C@H]3c3cnccn3)CC2)c(F)cn1. The van der Waals surface area contributed by atoms with Crippen molar-refractivity contribution in [1.29, 1.82) is 0 Å². The van der Waals surface area contributed by atoms with Crippen molar-refractivity contribution in [3.8, 4) is 0 Å². The van der Waals surface area contributed by atoms with E-state index in [9.17, 15) is 9.18 Å². The van der Waals surface area contributed by atoms with Gasteiger partial charge >= 0.3 is 0 Å². The minimum absolute atomic E-state index is 0.0394. The number of amides is 1. The van der Waals surface area contributed by atoms with Crippen LogP contribution in [0.15, 0.2) is 30.9 Å². The Morgan fingerprint density at radius 2 is 2.00 bits per heavy atom. The number of halogens is 1. The Hall–Kier alpha value is -2.41. The maximum atomic E-state index is 14.0. The number of carbonyl (C=O) groups is 1. The fraction of sp³-hybridized carbons (Fsp3) is 0.524. The van der Waals surface area contributed by atoms with E-state index in [2.05, 4.69) is 15.0 Å². The summed E-state index contributed by atoms with van der Waals surface area (Å²) in [6, 6.07) is 1.67. The van der Waals surface area contributed by atoms with Gasteiger partial charge in [0.2, 0.25) is 5.91 Å². The molecule has 2 aromatic heterocycles. The first-order valence-electron chi connectivity index (χ1n) is 9.94. The zero-order chi connectivity index (χ0) is 19.5. The van der Waals surface area contributed by atoms with Crippen LogP contribution in [0.3, 0.4) is 0 Å². The molecule has 2 fully saturated rings. The zero-order valence-corrected chi connectivity index (χ0v) is 16.1. The summed E-state index contributed by atoms with van der Waals surface area (Å²) >= 11 is 0. The molecule has 148 valence electrons. The summed E-state index contributed by atoms with van der Waals surface area (Å²) in [7, 11) is 0. The number of hydrogen-bond acceptors (Lipinski definition) is 5. The van der Waals surface area contributed by atoms with Crippen molar-refractivity contribution in [2.24, 2.45) is 11.8 Å². The second-order valence-electron chi connectivity index (χ2n) is 7.77. The van der Waals surface area contributed by atoms with Gasteiger partial charge in [-0.2, -0.15) is 0 Å². The normalized spacial score (nSPS) is 25.1. The predicted molar refractivity (Wildman–Crippen MR) is 100 cm³/mol. The van der Waals surface area contributed by atoms with Crippen LogP contribution in [0.1, 0.15) is 55.1 Å². The van der Waals surface area contributed by atoms with Crippen molar-refractivity contribution in [2.75, 3.05) is 6.61 Å². The lowest BCUT2D eigenvalue weighted by molar-refractivity contribution is -0.183. The second kappa shape index (κ2) is 8.31. The molecule has 1 atom stereocenters. The fourth-order valence-electron chi connectivity index (χ4n) is 4.30. The molecule has 0 bridgehead atoms. The molecule has 2 aliphatic rings. The van der Waals surface area contributed by atoms with Crippen LogP contribution in [-0.2, 0) is 16.1 Å². The van der Waals surface area contributed by atoms with E-state index in [0.29, 0.717) is 18.9 Å². The highest BCUT2D eigenvalue weighted by molar-refractivity contribution is 5.78. The van der Waals surface area contributed by atoms with Crippen LogP contribution in [0.5, 0.6) is 0 Å². The first kappa shape index (κ1) is 18.9. The Morgan fingerprint density at radius 1 is 1.18 bits per heavy atom. The number of nitrogens with zero attached hydrogens (tertiary/aromatic N) is 4. The van der Waals surface area contributed by atoms with E-state index in [4.69, 9.17) is 4.84 Å². The topological polar surface area (TPSA) is 68.2 Å². The van der Waals surface area contributed by atoms with Gasteiger partial charge in [-0.05, 0) is 56.6 Å². The molecule has 7 heteroatoms. The Balaban J connectivity index is 1.35. The Morgan fingerprint density at radius 3 is 2.75 bits per heavy atom. The molecular weight excluding hydrogens is 359 g/mol. The quantitative estimate of drug-likeness (QED) is 0.806. The molecule has 6 nitrogen and oxygen atoms in total. The Labute approximate surface area is 164 Å². The number of rotatable bonds is 4. The molecule has 0 radical (unpaired) electrons. The van der Waals surface area contributed by atoms with Gasteiger partial charge in [0.15, 0.2) is 0 Å². The molecule has 0 aromatic carbocycles. The van der Waals surface area contributed by atoms with Crippen molar-refractivity contribution in [1.82, 2.24) is 20.0 Å². The van der Waals surface area contributed by atoms with Crippen LogP contribution < -0.4 is 0 Å². The molecule has 2 aromatic rings. The maximum Gasteiger partial charge on any atom is 0.249 e. The minimum Gasteiger partial charge on any atom is -0.272 e. The lowest BCUT2D eigenvalue weighted by Crippen LogP contribution is -2.37. The van der Waals surface area contributed by atoms with Crippen LogP contribution in [0.25, 0.3) is 0 Å². The van der Waals surface area contributed by atoms with Crippen LogP contribution in [0.4, 0.5) is 4.39 Å². The summed E-state index contributed by atoms with van der Waals surface area (Å²) in [5, 5.41) is 1.51. The van der Waals surface area contributed by atoms with Gasteiger partial charge in [-0.15, -0.1) is 0 Å². The first-order chi connectivity index (χ1) is 13.6. The van der Waals surface area contributed by atoms with Gasteiger partial charge in [-0.25, -0.2) is 9.45 Å². The summed E-state index contributed by atoms with van der Waals surface area (Å²) < 4.78 is 14.0. The van der Waals surface area contributed by atoms with E-state index in [1.807, 2.05) is 13.0 Å². The van der Waals surface area contributed by atoms with Gasteiger partial charge in [0.1, 0.15) is 11.9 Å². The summed E-state index contributed by atoms with van der Waals surface area (Å²) in [5.41, 5.74) is 2.33. The number of pyridine rings is 1. The average molecular weight is 384 g/mol. The first-order valence-corrected chi connectivity index (χ1v) is 9.94. The molecule has 0 spiro atoms. The third kappa shape index (κ3) is 4.04. The summed E-state index contributed by atoms with van der Waals surface area (Å²) in [5.74, 6) is 0.159. The Kier molecular flexibility index (Phi) is 5.62. The predicted octanol–water partition coefficient (Wildman–Crippen LogP) is 3.57. The third-order valence-corrected chi connectivity index (χ3v) is 5.82. The van der Waals surface area contributed by atoms with Crippen molar-refractivity contribution < 1.29 is 14.0 Å². The van der Waals surface area contributed by atoms with Gasteiger partial charge in [0.05, 0.1) is 24.7 Å². The molecule has 28 heavy (non-hydrogen) atoms. The monoisotopic (exact) mass is 384 g/mol. The van der Waals surface area contributed by atoms with Gasteiger partial charge in [0.25, 0.3) is 0 Å². The number of aromatic nitrogens is 3. The molecule has 1 saturated heterocycles. The van der Waals surface area contributed by atoms with E-state index in [1.165, 1.54) is 11.3 Å². The standard InChI is InChI=1S/C21H25FN4O2/c1-14-10-17(18(22)12-25-14)11-15-2-4-16(5-3-15)21(27)26-20(6-9-28-26)19-13-23-7-8-24-19/h7-8,10,12-13,15-16,20H,2-6,9,11H2,1H3/t15-,16-,20-/m0/s1. The highest BCUT2D eigenvalue weighted by Gasteiger charge is 2.38. The van der Waals surface area contributed by atoms with E-state index in [-0.39, 0.29) is 23.7 Å². The smallest absolute Gasteiger partial charge is 0.249 e. The zero-order valence-electron chi connectivity index (χ0n) is 16.1. The number of hydroxylamine groups is 2. The van der Waals surface area contributed by atoms with Gasteiger partial charge in [-0.1, -0.05) is 0 Å². The molecule has 1 aliphatic carbocycles. The van der Waals surface area contributed by atoms with Gasteiger partial charge in [0, 0.05) is 30.4 Å². The lowest BCUT2D eigenvalue weighted by atomic mass is 9.78. The van der Waals surface area contributed by atoms with Crippen LogP contribution >= 0.6 is 0 Å². The van der Waals surface area contributed by atoms with Crippen LogP contribution in [0.2, 0.25) is 0 Å². The van der Waals surface area contributed by atoms with Gasteiger partial charge in [-0.3, -0.25) is 24.6 Å². The van der Waals surface area contributed by atoms with E-state index >= 15 is 0 Å². The summed E-state index contributed by atoms with van der Waals surface area (Å²) in [4.78, 5) is 31.1. The minimum atomic E-state index is -0.235. The molecule has 1 saturated carbocycles. The molecular formula is C21H25FN4O2. The Bertz CT molecular complexity index is 824. The van der Waals surface area contributed by atoms with Crippen molar-refractivity contribution in [2.45, 2.75) is 51.5 Å². The molecule has 1 amide bonds. The maximum absolute atomic E-state index is 14.0. The lowest BCUT2D eigenvalue weighted by Gasteiger charge is -2.31. The highest BCUT2D eigenvalue weighted by atomic mass is 19.1. The van der Waals surface area contributed by atoms with E-state index in [1.54, 1.807) is 18.6 Å². The third-order valence-electron chi connectivity index (χ3n) is 5.82. The van der Waals surface area contributed by atoms with Crippen molar-refractivity contribution in [3.63, 3.8) is 0 Å². The summed E-state index contributed by atoms with van der Waals surface area (Å²) in [6.07, 6.45) is 11.2. The average Bonchev–Trinajstić information content (AvgIpc) is 3.21. The van der Waals surface area contributed by atoms with Crippen LogP contribution in [0, 0.1) is 24.6 Å². The number of hydrogen-bond donors (Lipinski definition) is 0. The second-order valence-corrected chi connectivity index (χ2v) is 7.77.